The Labute approximate surface area is 118 Å². The van der Waals surface area contributed by atoms with E-state index in [1.807, 2.05) is 6.92 Å². The van der Waals surface area contributed by atoms with E-state index in [-0.39, 0.29) is 5.92 Å². The molecular weight excluding hydrogens is 254 g/mol. The van der Waals surface area contributed by atoms with Crippen LogP contribution in [0, 0.1) is 0 Å². The lowest BCUT2D eigenvalue weighted by molar-refractivity contribution is 0.135. The van der Waals surface area contributed by atoms with Crippen molar-refractivity contribution in [2.24, 2.45) is 5.73 Å². The molecule has 0 amide bonds. The molecule has 106 valence electrons. The van der Waals surface area contributed by atoms with Crippen LogP contribution in [-0.2, 0) is 23.1 Å². The number of nitrogens with zero attached hydrogens (tertiary/aromatic N) is 2. The standard InChI is InChI=1S/C15H19N3O2/c1-15(16,9-19-2)14-17-13(20-18-14)12-7-10-5-3-4-6-11(10)8-12/h3-6,12H,7-9,16H2,1-2H3. The molecule has 0 spiro atoms. The van der Waals surface area contributed by atoms with E-state index in [4.69, 9.17) is 15.0 Å². The first-order valence-corrected chi connectivity index (χ1v) is 6.79. The minimum Gasteiger partial charge on any atom is -0.382 e. The highest BCUT2D eigenvalue weighted by Gasteiger charge is 2.31. The summed E-state index contributed by atoms with van der Waals surface area (Å²) in [5.74, 6) is 1.43. The third kappa shape index (κ3) is 2.34. The molecule has 1 aromatic heterocycles. The minimum absolute atomic E-state index is 0.256. The van der Waals surface area contributed by atoms with Crippen molar-refractivity contribution in [2.45, 2.75) is 31.2 Å². The van der Waals surface area contributed by atoms with Crippen molar-refractivity contribution < 1.29 is 9.26 Å². The van der Waals surface area contributed by atoms with Gasteiger partial charge in [0.05, 0.1) is 6.61 Å². The molecule has 0 fully saturated rings. The van der Waals surface area contributed by atoms with Crippen molar-refractivity contribution in [3.63, 3.8) is 0 Å². The zero-order valence-corrected chi connectivity index (χ0v) is 11.8. The zero-order chi connectivity index (χ0) is 14.2. The van der Waals surface area contributed by atoms with Crippen molar-refractivity contribution in [3.05, 3.63) is 47.1 Å². The Bertz CT molecular complexity index is 582. The largest absolute Gasteiger partial charge is 0.382 e. The van der Waals surface area contributed by atoms with Gasteiger partial charge in [-0.1, -0.05) is 29.4 Å². The van der Waals surface area contributed by atoms with Crippen LogP contribution in [-0.4, -0.2) is 23.9 Å². The summed E-state index contributed by atoms with van der Waals surface area (Å²) in [6, 6.07) is 8.45. The maximum absolute atomic E-state index is 6.13. The van der Waals surface area contributed by atoms with E-state index in [1.54, 1.807) is 7.11 Å². The number of rotatable bonds is 4. The normalized spacial score (nSPS) is 17.9. The molecular formula is C15H19N3O2. The molecule has 1 aliphatic rings. The summed E-state index contributed by atoms with van der Waals surface area (Å²) in [4.78, 5) is 4.48. The Hall–Kier alpha value is -1.72. The van der Waals surface area contributed by atoms with Gasteiger partial charge in [0.2, 0.25) is 5.89 Å². The summed E-state index contributed by atoms with van der Waals surface area (Å²) in [5, 5.41) is 4.02. The van der Waals surface area contributed by atoms with Crippen LogP contribution >= 0.6 is 0 Å². The first kappa shape index (κ1) is 13.3. The van der Waals surface area contributed by atoms with Gasteiger partial charge in [0.1, 0.15) is 5.54 Å². The first-order valence-electron chi connectivity index (χ1n) is 6.79. The Balaban J connectivity index is 1.79. The van der Waals surface area contributed by atoms with Crippen LogP contribution in [0.15, 0.2) is 28.8 Å². The number of benzene rings is 1. The van der Waals surface area contributed by atoms with Gasteiger partial charge >= 0.3 is 0 Å². The molecule has 1 aromatic carbocycles. The zero-order valence-electron chi connectivity index (χ0n) is 11.8. The molecule has 3 rings (SSSR count). The minimum atomic E-state index is -0.720. The van der Waals surface area contributed by atoms with Gasteiger partial charge in [-0.2, -0.15) is 4.98 Å². The predicted octanol–water partition coefficient (Wildman–Crippen LogP) is 1.77. The molecule has 1 aliphatic carbocycles. The summed E-state index contributed by atoms with van der Waals surface area (Å²) in [7, 11) is 1.61. The van der Waals surface area contributed by atoms with Crippen LogP contribution in [0.2, 0.25) is 0 Å². The van der Waals surface area contributed by atoms with Crippen LogP contribution in [0.25, 0.3) is 0 Å². The lowest BCUT2D eigenvalue weighted by Crippen LogP contribution is -2.39. The Kier molecular flexibility index (Phi) is 3.31. The highest BCUT2D eigenvalue weighted by Crippen LogP contribution is 2.33. The van der Waals surface area contributed by atoms with Gasteiger partial charge in [0, 0.05) is 13.0 Å². The average Bonchev–Trinajstić information content (AvgIpc) is 3.05. The van der Waals surface area contributed by atoms with Crippen LogP contribution < -0.4 is 5.73 Å². The maximum Gasteiger partial charge on any atom is 0.230 e. The quantitative estimate of drug-likeness (QED) is 0.919. The second-order valence-corrected chi connectivity index (χ2v) is 5.68. The van der Waals surface area contributed by atoms with E-state index >= 15 is 0 Å². The lowest BCUT2D eigenvalue weighted by atomic mass is 10.0. The Morgan fingerprint density at radius 1 is 1.35 bits per heavy atom. The van der Waals surface area contributed by atoms with Crippen molar-refractivity contribution in [1.82, 2.24) is 10.1 Å². The number of nitrogens with two attached hydrogens (primary N) is 1. The van der Waals surface area contributed by atoms with Crippen LogP contribution in [0.3, 0.4) is 0 Å². The van der Waals surface area contributed by atoms with Crippen molar-refractivity contribution in [3.8, 4) is 0 Å². The molecule has 1 heterocycles. The van der Waals surface area contributed by atoms with Crippen molar-refractivity contribution in [2.75, 3.05) is 13.7 Å². The SMILES string of the molecule is COCC(C)(N)c1noc(C2Cc3ccccc3C2)n1. The smallest absolute Gasteiger partial charge is 0.230 e. The van der Waals surface area contributed by atoms with Gasteiger partial charge in [-0.05, 0) is 30.9 Å². The fourth-order valence-electron chi connectivity index (χ4n) is 2.73. The topological polar surface area (TPSA) is 74.2 Å². The molecule has 0 aliphatic heterocycles. The summed E-state index contributed by atoms with van der Waals surface area (Å²) in [5.41, 5.74) is 8.15. The van der Waals surface area contributed by atoms with E-state index in [0.717, 1.165) is 12.8 Å². The molecule has 5 nitrogen and oxygen atoms in total. The fraction of sp³-hybridized carbons (Fsp3) is 0.467. The Morgan fingerprint density at radius 3 is 2.60 bits per heavy atom. The van der Waals surface area contributed by atoms with Crippen LogP contribution in [0.4, 0.5) is 0 Å². The van der Waals surface area contributed by atoms with Crippen LogP contribution in [0.1, 0.15) is 35.7 Å². The first-order chi connectivity index (χ1) is 9.60. The second-order valence-electron chi connectivity index (χ2n) is 5.68. The summed E-state index contributed by atoms with van der Waals surface area (Å²) < 4.78 is 10.5. The van der Waals surface area contributed by atoms with Crippen LogP contribution in [0.5, 0.6) is 0 Å². The molecule has 0 saturated carbocycles. The number of methoxy groups -OCH3 is 1. The highest BCUT2D eigenvalue weighted by molar-refractivity contribution is 5.34. The third-order valence-corrected chi connectivity index (χ3v) is 3.80. The molecule has 0 radical (unpaired) electrons. The molecule has 2 aromatic rings. The van der Waals surface area contributed by atoms with Crippen molar-refractivity contribution in [1.29, 1.82) is 0 Å². The predicted molar refractivity (Wildman–Crippen MR) is 74.3 cm³/mol. The molecule has 5 heteroatoms. The van der Waals surface area contributed by atoms with Gasteiger partial charge in [-0.3, -0.25) is 0 Å². The Morgan fingerprint density at radius 2 is 2.00 bits per heavy atom. The summed E-state index contributed by atoms with van der Waals surface area (Å²) in [6.07, 6.45) is 1.90. The number of hydrogen-bond acceptors (Lipinski definition) is 5. The average molecular weight is 273 g/mol. The van der Waals surface area contributed by atoms with Gasteiger partial charge in [-0.25, -0.2) is 0 Å². The fourth-order valence-corrected chi connectivity index (χ4v) is 2.73. The van der Waals surface area contributed by atoms with Gasteiger partial charge < -0.3 is 15.0 Å². The monoisotopic (exact) mass is 273 g/mol. The molecule has 0 saturated heterocycles. The van der Waals surface area contributed by atoms with Gasteiger partial charge in [-0.15, -0.1) is 0 Å². The maximum atomic E-state index is 6.13. The number of hydrogen-bond donors (Lipinski definition) is 1. The van der Waals surface area contributed by atoms with E-state index in [1.165, 1.54) is 11.1 Å². The van der Waals surface area contributed by atoms with Gasteiger partial charge in [0.15, 0.2) is 5.82 Å². The molecule has 1 atom stereocenters. The van der Waals surface area contributed by atoms with Gasteiger partial charge in [0.25, 0.3) is 0 Å². The molecule has 1 unspecified atom stereocenters. The number of ether oxygens (including phenoxy) is 1. The lowest BCUT2D eigenvalue weighted by Gasteiger charge is -2.18. The van der Waals surface area contributed by atoms with E-state index in [0.29, 0.717) is 18.3 Å². The number of aromatic nitrogens is 2. The molecule has 0 bridgehead atoms. The van der Waals surface area contributed by atoms with Crippen molar-refractivity contribution >= 4 is 0 Å². The number of fused-ring (bicyclic) bond motifs is 1. The van der Waals surface area contributed by atoms with E-state index in [9.17, 15) is 0 Å². The molecule has 2 N–H and O–H groups in total. The summed E-state index contributed by atoms with van der Waals surface area (Å²) >= 11 is 0. The highest BCUT2D eigenvalue weighted by atomic mass is 16.5. The third-order valence-electron chi connectivity index (χ3n) is 3.80. The van der Waals surface area contributed by atoms with E-state index < -0.39 is 5.54 Å². The second kappa shape index (κ2) is 5.00. The van der Waals surface area contributed by atoms with E-state index in [2.05, 4.69) is 34.4 Å². The summed E-state index contributed by atoms with van der Waals surface area (Å²) in [6.45, 7) is 2.20. The molecule has 20 heavy (non-hydrogen) atoms.